The predicted molar refractivity (Wildman–Crippen MR) is 117 cm³/mol. The van der Waals surface area contributed by atoms with Crippen molar-refractivity contribution < 1.29 is 29.1 Å². The molecule has 1 fully saturated rings. The first kappa shape index (κ1) is 27.3. The van der Waals surface area contributed by atoms with Gasteiger partial charge in [-0.3, -0.25) is 19.2 Å². The Morgan fingerprint density at radius 3 is 2.00 bits per heavy atom. The number of carboxylic acid groups (broad SMARTS) is 1. The van der Waals surface area contributed by atoms with Crippen molar-refractivity contribution in [2.45, 2.75) is 84.0 Å². The van der Waals surface area contributed by atoms with E-state index in [0.29, 0.717) is 25.8 Å². The smallest absolute Gasteiger partial charge is 0.326 e. The molecule has 11 heteroatoms. The second-order valence-corrected chi connectivity index (χ2v) is 8.46. The van der Waals surface area contributed by atoms with Crippen molar-refractivity contribution in [1.29, 1.82) is 0 Å². The summed E-state index contributed by atoms with van der Waals surface area (Å²) < 4.78 is 0. The first-order chi connectivity index (χ1) is 15.0. The molecule has 7 N–H and O–H groups in total. The summed E-state index contributed by atoms with van der Waals surface area (Å²) in [6.45, 7) is 7.78. The number of nitrogens with two attached hydrogens (primary N) is 1. The Balaban J connectivity index is 2.98. The highest BCUT2D eigenvalue weighted by Crippen LogP contribution is 2.13. The van der Waals surface area contributed by atoms with Crippen molar-refractivity contribution in [3.63, 3.8) is 0 Å². The number of amides is 4. The molecule has 1 rings (SSSR count). The maximum atomic E-state index is 12.9. The number of aliphatic carboxylic acids is 1. The van der Waals surface area contributed by atoms with Gasteiger partial charge in [0.05, 0.1) is 12.5 Å². The summed E-state index contributed by atoms with van der Waals surface area (Å²) in [5.74, 6) is -4.37. The van der Waals surface area contributed by atoms with E-state index in [-0.39, 0.29) is 11.8 Å². The first-order valence-electron chi connectivity index (χ1n) is 11.2. The van der Waals surface area contributed by atoms with Gasteiger partial charge in [-0.05, 0) is 31.2 Å². The fraction of sp³-hybridized carbons (Fsp3) is 0.762. The van der Waals surface area contributed by atoms with Gasteiger partial charge in [-0.2, -0.15) is 0 Å². The summed E-state index contributed by atoms with van der Waals surface area (Å²) in [5, 5.41) is 20.1. The zero-order valence-corrected chi connectivity index (χ0v) is 19.3. The first-order valence-corrected chi connectivity index (χ1v) is 11.2. The molecular weight excluding hydrogens is 418 g/mol. The molecule has 0 spiro atoms. The fourth-order valence-corrected chi connectivity index (χ4v) is 3.47. The van der Waals surface area contributed by atoms with Crippen molar-refractivity contribution in [1.82, 2.24) is 21.3 Å². The van der Waals surface area contributed by atoms with Crippen LogP contribution in [0.4, 0.5) is 0 Å². The highest BCUT2D eigenvalue weighted by atomic mass is 16.4. The minimum Gasteiger partial charge on any atom is -0.480 e. The summed E-state index contributed by atoms with van der Waals surface area (Å²) in [6.07, 6.45) is 2.07. The lowest BCUT2D eigenvalue weighted by molar-refractivity contribution is -0.144. The van der Waals surface area contributed by atoms with Crippen LogP contribution in [0.2, 0.25) is 0 Å². The molecule has 0 radical (unpaired) electrons. The molecule has 6 atom stereocenters. The highest BCUT2D eigenvalue weighted by molar-refractivity contribution is 5.96. The largest absolute Gasteiger partial charge is 0.480 e. The maximum absolute atomic E-state index is 12.9. The molecule has 182 valence electrons. The summed E-state index contributed by atoms with van der Waals surface area (Å²) >= 11 is 0. The van der Waals surface area contributed by atoms with Gasteiger partial charge in [0.1, 0.15) is 18.1 Å². The average molecular weight is 456 g/mol. The van der Waals surface area contributed by atoms with Gasteiger partial charge in [0.25, 0.3) is 0 Å². The molecule has 1 aliphatic heterocycles. The van der Waals surface area contributed by atoms with Gasteiger partial charge in [0.15, 0.2) is 0 Å². The molecule has 0 aliphatic carbocycles. The van der Waals surface area contributed by atoms with E-state index in [0.717, 1.165) is 6.42 Å². The van der Waals surface area contributed by atoms with Crippen molar-refractivity contribution in [2.24, 2.45) is 17.6 Å². The zero-order chi connectivity index (χ0) is 24.4. The van der Waals surface area contributed by atoms with Crippen LogP contribution in [-0.2, 0) is 24.0 Å². The van der Waals surface area contributed by atoms with Gasteiger partial charge in [-0.25, -0.2) is 4.79 Å². The number of primary amides is 1. The van der Waals surface area contributed by atoms with Crippen molar-refractivity contribution in [2.75, 3.05) is 6.54 Å². The molecule has 11 nitrogen and oxygen atoms in total. The van der Waals surface area contributed by atoms with Gasteiger partial charge < -0.3 is 32.1 Å². The lowest BCUT2D eigenvalue weighted by Crippen LogP contribution is -2.59. The lowest BCUT2D eigenvalue weighted by atomic mass is 9.95. The Morgan fingerprint density at radius 2 is 1.53 bits per heavy atom. The molecule has 1 heterocycles. The van der Waals surface area contributed by atoms with Gasteiger partial charge in [0, 0.05) is 0 Å². The van der Waals surface area contributed by atoms with E-state index >= 15 is 0 Å². The molecule has 1 aliphatic rings. The summed E-state index contributed by atoms with van der Waals surface area (Å²) in [4.78, 5) is 61.3. The van der Waals surface area contributed by atoms with Gasteiger partial charge in [-0.15, -0.1) is 0 Å². The Hall–Kier alpha value is -2.69. The molecule has 6 unspecified atom stereocenters. The number of nitrogens with one attached hydrogen (secondary N) is 4. The van der Waals surface area contributed by atoms with Crippen LogP contribution in [0.15, 0.2) is 0 Å². The van der Waals surface area contributed by atoms with Crippen LogP contribution < -0.4 is 27.0 Å². The summed E-state index contributed by atoms with van der Waals surface area (Å²) in [5.41, 5.74) is 5.25. The molecular formula is C21H37N5O6. The average Bonchev–Trinajstić information content (AvgIpc) is 3.28. The molecule has 0 aromatic heterocycles. The van der Waals surface area contributed by atoms with E-state index in [1.54, 1.807) is 13.8 Å². The van der Waals surface area contributed by atoms with Crippen LogP contribution in [0.3, 0.4) is 0 Å². The number of carboxylic acids is 1. The number of rotatable bonds is 13. The minimum atomic E-state index is -1.24. The van der Waals surface area contributed by atoms with E-state index < -0.39 is 60.2 Å². The Labute approximate surface area is 188 Å². The van der Waals surface area contributed by atoms with E-state index in [9.17, 15) is 29.1 Å². The number of hydrogen-bond donors (Lipinski definition) is 6. The predicted octanol–water partition coefficient (Wildman–Crippen LogP) is -0.755. The standard InChI is InChI=1S/C21H37N5O6/c1-5-11(3)16(20(30)26-17(21(31)32)12(4)6-2)25-19(29)14(10-15(22)27)24-18(28)13-8-7-9-23-13/h11-14,16-17,23H,5-10H2,1-4H3,(H2,22,27)(H,24,28)(H,25,29)(H,26,30)(H,31,32). The Morgan fingerprint density at radius 1 is 0.969 bits per heavy atom. The van der Waals surface area contributed by atoms with Crippen LogP contribution in [0, 0.1) is 11.8 Å². The third-order valence-electron chi connectivity index (χ3n) is 5.99. The van der Waals surface area contributed by atoms with Crippen LogP contribution in [0.1, 0.15) is 59.8 Å². The Bertz CT molecular complexity index is 694. The molecule has 0 aromatic carbocycles. The van der Waals surface area contributed by atoms with Crippen LogP contribution in [-0.4, -0.2) is 65.4 Å². The monoisotopic (exact) mass is 455 g/mol. The van der Waals surface area contributed by atoms with E-state index in [2.05, 4.69) is 21.3 Å². The summed E-state index contributed by atoms with van der Waals surface area (Å²) in [7, 11) is 0. The molecule has 32 heavy (non-hydrogen) atoms. The van der Waals surface area contributed by atoms with Crippen LogP contribution >= 0.6 is 0 Å². The minimum absolute atomic E-state index is 0.314. The third kappa shape index (κ3) is 8.10. The molecule has 0 saturated carbocycles. The molecule has 0 bridgehead atoms. The number of hydrogen-bond acceptors (Lipinski definition) is 6. The highest BCUT2D eigenvalue weighted by Gasteiger charge is 2.34. The Kier molecular flexibility index (Phi) is 11.1. The molecule has 1 saturated heterocycles. The second kappa shape index (κ2) is 13.0. The molecule has 4 amide bonds. The number of carbonyl (C=O) groups excluding carboxylic acids is 4. The lowest BCUT2D eigenvalue weighted by Gasteiger charge is -2.29. The fourth-order valence-electron chi connectivity index (χ4n) is 3.47. The quantitative estimate of drug-likeness (QED) is 0.211. The van der Waals surface area contributed by atoms with Crippen molar-refractivity contribution >= 4 is 29.6 Å². The normalized spacial score (nSPS) is 20.3. The summed E-state index contributed by atoms with van der Waals surface area (Å²) in [6, 6.07) is -3.86. The zero-order valence-electron chi connectivity index (χ0n) is 19.3. The van der Waals surface area contributed by atoms with Crippen LogP contribution in [0.25, 0.3) is 0 Å². The molecule has 0 aromatic rings. The van der Waals surface area contributed by atoms with E-state index in [1.165, 1.54) is 0 Å². The van der Waals surface area contributed by atoms with E-state index in [1.807, 2.05) is 13.8 Å². The maximum Gasteiger partial charge on any atom is 0.326 e. The third-order valence-corrected chi connectivity index (χ3v) is 5.99. The van der Waals surface area contributed by atoms with E-state index in [4.69, 9.17) is 5.73 Å². The SMILES string of the molecule is CCC(C)C(NC(=O)C(NC(=O)C(CC(N)=O)NC(=O)C1CCCN1)C(C)CC)C(=O)O. The van der Waals surface area contributed by atoms with Crippen molar-refractivity contribution in [3.8, 4) is 0 Å². The van der Waals surface area contributed by atoms with Gasteiger partial charge >= 0.3 is 5.97 Å². The van der Waals surface area contributed by atoms with Crippen LogP contribution in [0.5, 0.6) is 0 Å². The van der Waals surface area contributed by atoms with Gasteiger partial charge in [-0.1, -0.05) is 40.5 Å². The van der Waals surface area contributed by atoms with Gasteiger partial charge in [0.2, 0.25) is 23.6 Å². The van der Waals surface area contributed by atoms with Crippen molar-refractivity contribution in [3.05, 3.63) is 0 Å². The topological polar surface area (TPSA) is 180 Å². The second-order valence-electron chi connectivity index (χ2n) is 8.46. The number of carbonyl (C=O) groups is 5.